The standard InChI is InChI=1S/C16H34/c1-7-12-16(6,13-8-2)15(11-5)14(9-3)10-4/h14-15H,7-13H2,1-6H3. The summed E-state index contributed by atoms with van der Waals surface area (Å²) in [6.07, 6.45) is 9.59. The predicted molar refractivity (Wildman–Crippen MR) is 75.8 cm³/mol. The summed E-state index contributed by atoms with van der Waals surface area (Å²) >= 11 is 0. The molecule has 0 amide bonds. The van der Waals surface area contributed by atoms with Crippen molar-refractivity contribution in [1.29, 1.82) is 0 Å². The zero-order valence-electron chi connectivity index (χ0n) is 12.6. The van der Waals surface area contributed by atoms with E-state index >= 15 is 0 Å². The summed E-state index contributed by atoms with van der Waals surface area (Å²) in [7, 11) is 0. The average molecular weight is 226 g/mol. The van der Waals surface area contributed by atoms with Gasteiger partial charge in [-0.3, -0.25) is 0 Å². The van der Waals surface area contributed by atoms with E-state index in [2.05, 4.69) is 41.5 Å². The quantitative estimate of drug-likeness (QED) is 0.448. The van der Waals surface area contributed by atoms with Crippen molar-refractivity contribution in [3.63, 3.8) is 0 Å². The van der Waals surface area contributed by atoms with Crippen molar-refractivity contribution in [2.75, 3.05) is 0 Å². The molecule has 0 nitrogen and oxygen atoms in total. The third-order valence-electron chi connectivity index (χ3n) is 4.60. The van der Waals surface area contributed by atoms with Crippen LogP contribution in [-0.4, -0.2) is 0 Å². The fourth-order valence-corrected chi connectivity index (χ4v) is 3.89. The monoisotopic (exact) mass is 226 g/mol. The van der Waals surface area contributed by atoms with Crippen molar-refractivity contribution in [2.45, 2.75) is 86.5 Å². The number of hydrogen-bond acceptors (Lipinski definition) is 0. The van der Waals surface area contributed by atoms with E-state index in [1.807, 2.05) is 0 Å². The Morgan fingerprint density at radius 3 is 1.44 bits per heavy atom. The van der Waals surface area contributed by atoms with E-state index in [4.69, 9.17) is 0 Å². The Bertz CT molecular complexity index is 149. The maximum Gasteiger partial charge on any atom is -0.0295 e. The second-order valence-corrected chi connectivity index (χ2v) is 5.75. The third kappa shape index (κ3) is 4.11. The predicted octanol–water partition coefficient (Wildman–Crippen LogP) is 6.06. The Morgan fingerprint density at radius 2 is 1.19 bits per heavy atom. The molecule has 0 N–H and O–H groups in total. The van der Waals surface area contributed by atoms with Crippen LogP contribution in [0.5, 0.6) is 0 Å². The van der Waals surface area contributed by atoms with E-state index in [1.54, 1.807) is 0 Å². The van der Waals surface area contributed by atoms with Gasteiger partial charge in [-0.05, 0) is 30.1 Å². The molecule has 0 heterocycles. The van der Waals surface area contributed by atoms with Gasteiger partial charge in [0.1, 0.15) is 0 Å². The van der Waals surface area contributed by atoms with Crippen molar-refractivity contribution in [3.05, 3.63) is 0 Å². The second-order valence-electron chi connectivity index (χ2n) is 5.75. The molecule has 16 heavy (non-hydrogen) atoms. The van der Waals surface area contributed by atoms with Gasteiger partial charge in [-0.15, -0.1) is 0 Å². The summed E-state index contributed by atoms with van der Waals surface area (Å²) in [5.74, 6) is 1.87. The summed E-state index contributed by atoms with van der Waals surface area (Å²) in [5.41, 5.74) is 0.592. The van der Waals surface area contributed by atoms with E-state index in [0.717, 1.165) is 11.8 Å². The lowest BCUT2D eigenvalue weighted by Crippen LogP contribution is -2.32. The maximum absolute atomic E-state index is 2.55. The van der Waals surface area contributed by atoms with Gasteiger partial charge in [-0.25, -0.2) is 0 Å². The zero-order valence-corrected chi connectivity index (χ0v) is 12.6. The molecule has 1 unspecified atom stereocenters. The Labute approximate surface area is 104 Å². The van der Waals surface area contributed by atoms with Gasteiger partial charge in [0, 0.05) is 0 Å². The van der Waals surface area contributed by atoms with Crippen LogP contribution in [0.15, 0.2) is 0 Å². The minimum atomic E-state index is 0.592. The number of rotatable bonds is 9. The first-order valence-electron chi connectivity index (χ1n) is 7.59. The highest BCUT2D eigenvalue weighted by Gasteiger charge is 2.34. The van der Waals surface area contributed by atoms with Crippen LogP contribution in [0, 0.1) is 17.3 Å². The lowest BCUT2D eigenvalue weighted by molar-refractivity contribution is 0.0837. The molecule has 98 valence electrons. The largest absolute Gasteiger partial charge is 0.0654 e. The fraction of sp³-hybridized carbons (Fsp3) is 1.00. The Morgan fingerprint density at radius 1 is 0.750 bits per heavy atom. The van der Waals surface area contributed by atoms with E-state index < -0.39 is 0 Å². The molecule has 0 aromatic rings. The van der Waals surface area contributed by atoms with Crippen molar-refractivity contribution in [2.24, 2.45) is 17.3 Å². The molecular formula is C16H34. The van der Waals surface area contributed by atoms with Gasteiger partial charge in [0.25, 0.3) is 0 Å². The molecule has 0 rings (SSSR count). The molecule has 0 fully saturated rings. The highest BCUT2D eigenvalue weighted by molar-refractivity contribution is 4.85. The maximum atomic E-state index is 2.55. The highest BCUT2D eigenvalue weighted by atomic mass is 14.4. The Balaban J connectivity index is 4.80. The molecule has 0 radical (unpaired) electrons. The van der Waals surface area contributed by atoms with Gasteiger partial charge in [-0.1, -0.05) is 73.6 Å². The molecule has 0 aliphatic heterocycles. The molecule has 0 aromatic carbocycles. The van der Waals surface area contributed by atoms with Crippen molar-refractivity contribution >= 4 is 0 Å². The molecule has 0 heteroatoms. The van der Waals surface area contributed by atoms with Crippen molar-refractivity contribution < 1.29 is 0 Å². The van der Waals surface area contributed by atoms with E-state index in [0.29, 0.717) is 5.41 Å². The first kappa shape index (κ1) is 16.0. The molecule has 0 saturated heterocycles. The fourth-order valence-electron chi connectivity index (χ4n) is 3.89. The topological polar surface area (TPSA) is 0 Å². The Hall–Kier alpha value is 0. The highest BCUT2D eigenvalue weighted by Crippen LogP contribution is 2.45. The first-order chi connectivity index (χ1) is 7.59. The van der Waals surface area contributed by atoms with Gasteiger partial charge >= 0.3 is 0 Å². The van der Waals surface area contributed by atoms with Crippen LogP contribution in [0.25, 0.3) is 0 Å². The van der Waals surface area contributed by atoms with Crippen LogP contribution in [0.1, 0.15) is 86.5 Å². The third-order valence-corrected chi connectivity index (χ3v) is 4.60. The van der Waals surface area contributed by atoms with Crippen LogP contribution in [0.2, 0.25) is 0 Å². The van der Waals surface area contributed by atoms with Gasteiger partial charge < -0.3 is 0 Å². The summed E-state index contributed by atoms with van der Waals surface area (Å²) in [4.78, 5) is 0. The lowest BCUT2D eigenvalue weighted by Gasteiger charge is -2.42. The van der Waals surface area contributed by atoms with Crippen molar-refractivity contribution in [3.8, 4) is 0 Å². The van der Waals surface area contributed by atoms with Crippen molar-refractivity contribution in [1.82, 2.24) is 0 Å². The summed E-state index contributed by atoms with van der Waals surface area (Å²) in [6.45, 7) is 14.4. The minimum Gasteiger partial charge on any atom is -0.0654 e. The smallest absolute Gasteiger partial charge is 0.0295 e. The normalized spacial score (nSPS) is 14.4. The van der Waals surface area contributed by atoms with E-state index in [1.165, 1.54) is 44.9 Å². The van der Waals surface area contributed by atoms with Crippen LogP contribution >= 0.6 is 0 Å². The van der Waals surface area contributed by atoms with Gasteiger partial charge in [0.05, 0.1) is 0 Å². The minimum absolute atomic E-state index is 0.592. The summed E-state index contributed by atoms with van der Waals surface area (Å²) < 4.78 is 0. The van der Waals surface area contributed by atoms with Crippen LogP contribution in [0.3, 0.4) is 0 Å². The SMILES string of the molecule is CCCC(C)(CCC)C(CC)C(CC)CC. The molecule has 0 aliphatic carbocycles. The summed E-state index contributed by atoms with van der Waals surface area (Å²) in [5, 5.41) is 0. The second kappa shape index (κ2) is 8.14. The zero-order chi connectivity index (χ0) is 12.6. The Kier molecular flexibility index (Phi) is 8.14. The van der Waals surface area contributed by atoms with Crippen LogP contribution in [-0.2, 0) is 0 Å². The van der Waals surface area contributed by atoms with Gasteiger partial charge in [0.15, 0.2) is 0 Å². The number of hydrogen-bond donors (Lipinski definition) is 0. The molecule has 0 aliphatic rings. The molecule has 0 spiro atoms. The molecule has 0 bridgehead atoms. The van der Waals surface area contributed by atoms with Crippen LogP contribution in [0.4, 0.5) is 0 Å². The van der Waals surface area contributed by atoms with Crippen LogP contribution < -0.4 is 0 Å². The molecule has 1 atom stereocenters. The summed E-state index contributed by atoms with van der Waals surface area (Å²) in [6, 6.07) is 0. The van der Waals surface area contributed by atoms with Gasteiger partial charge in [0.2, 0.25) is 0 Å². The van der Waals surface area contributed by atoms with Gasteiger partial charge in [-0.2, -0.15) is 0 Å². The average Bonchev–Trinajstić information content (AvgIpc) is 2.26. The molecular weight excluding hydrogens is 192 g/mol. The first-order valence-corrected chi connectivity index (χ1v) is 7.59. The van der Waals surface area contributed by atoms with E-state index in [-0.39, 0.29) is 0 Å². The van der Waals surface area contributed by atoms with E-state index in [9.17, 15) is 0 Å². The molecule has 0 saturated carbocycles. The molecule has 0 aromatic heterocycles. The lowest BCUT2D eigenvalue weighted by atomic mass is 9.63.